The van der Waals surface area contributed by atoms with Crippen molar-refractivity contribution in [2.45, 2.75) is 50.7 Å². The van der Waals surface area contributed by atoms with E-state index in [0.29, 0.717) is 17.1 Å². The maximum absolute atomic E-state index is 12.9. The molecule has 0 spiro atoms. The molecule has 29 heavy (non-hydrogen) atoms. The van der Waals surface area contributed by atoms with Crippen molar-refractivity contribution in [3.63, 3.8) is 0 Å². The summed E-state index contributed by atoms with van der Waals surface area (Å²) in [6.45, 7) is 1.96. The number of benzene rings is 1. The number of piperidine rings is 1. The van der Waals surface area contributed by atoms with Gasteiger partial charge in [0.1, 0.15) is 24.1 Å². The molecule has 2 fully saturated rings. The van der Waals surface area contributed by atoms with Gasteiger partial charge in [-0.15, -0.1) is 0 Å². The molecular weight excluding hydrogens is 372 g/mol. The summed E-state index contributed by atoms with van der Waals surface area (Å²) in [6.07, 6.45) is 7.31. The highest BCUT2D eigenvalue weighted by atomic mass is 16.5. The lowest BCUT2D eigenvalue weighted by Gasteiger charge is -2.36. The average molecular weight is 405 g/mol. The van der Waals surface area contributed by atoms with E-state index in [1.54, 1.807) is 32.4 Å². The van der Waals surface area contributed by atoms with Crippen LogP contribution in [0.3, 0.4) is 0 Å². The lowest BCUT2D eigenvalue weighted by molar-refractivity contribution is -0.141. The molecule has 1 heterocycles. The maximum atomic E-state index is 12.9. The summed E-state index contributed by atoms with van der Waals surface area (Å²) in [5, 5.41) is 0. The van der Waals surface area contributed by atoms with Crippen molar-refractivity contribution >= 4 is 11.9 Å². The molecule has 160 valence electrons. The molecule has 7 nitrogen and oxygen atoms in total. The molecule has 1 amide bonds. The van der Waals surface area contributed by atoms with Crippen molar-refractivity contribution in [3.8, 4) is 11.5 Å². The van der Waals surface area contributed by atoms with E-state index in [4.69, 9.17) is 9.47 Å². The largest absolute Gasteiger partial charge is 0.497 e. The molecule has 0 N–H and O–H groups in total. The Morgan fingerprint density at radius 3 is 2.41 bits per heavy atom. The molecule has 0 unspecified atom stereocenters. The summed E-state index contributed by atoms with van der Waals surface area (Å²) in [7, 11) is 4.43. The highest BCUT2D eigenvalue weighted by Gasteiger charge is 2.29. The minimum Gasteiger partial charge on any atom is -0.497 e. The van der Waals surface area contributed by atoms with E-state index in [-0.39, 0.29) is 18.6 Å². The van der Waals surface area contributed by atoms with Crippen LogP contribution in [0.15, 0.2) is 18.2 Å². The predicted octanol–water partition coefficient (Wildman–Crippen LogP) is 2.73. The van der Waals surface area contributed by atoms with Gasteiger partial charge in [0.25, 0.3) is 5.91 Å². The van der Waals surface area contributed by atoms with E-state index < -0.39 is 5.97 Å². The molecule has 7 heteroatoms. The zero-order chi connectivity index (χ0) is 20.8. The van der Waals surface area contributed by atoms with Gasteiger partial charge in [0.05, 0.1) is 19.8 Å². The number of ether oxygens (including phenoxy) is 3. The average Bonchev–Trinajstić information content (AvgIpc) is 3.28. The second-order valence-electron chi connectivity index (χ2n) is 7.89. The van der Waals surface area contributed by atoms with Crippen LogP contribution >= 0.6 is 0 Å². The number of amides is 1. The third kappa shape index (κ3) is 5.41. The standard InChI is InChI=1S/C22H32N2O5/c1-23(15-21(25)28-3)22(26)19-14-18(27-2)8-9-20(19)29-17-10-12-24(13-11-17)16-6-4-5-7-16/h8-9,14,16-17H,4-7,10-13,15H2,1-3H3. The third-order valence-corrected chi connectivity index (χ3v) is 5.97. The molecule has 2 aliphatic rings. The Morgan fingerprint density at radius 2 is 1.79 bits per heavy atom. The van der Waals surface area contributed by atoms with Crippen LogP contribution in [0.4, 0.5) is 0 Å². The van der Waals surface area contributed by atoms with Crippen LogP contribution in [-0.2, 0) is 9.53 Å². The summed E-state index contributed by atoms with van der Waals surface area (Å²) in [5.41, 5.74) is 0.397. The summed E-state index contributed by atoms with van der Waals surface area (Å²) in [4.78, 5) is 28.4. The van der Waals surface area contributed by atoms with E-state index in [9.17, 15) is 9.59 Å². The minimum absolute atomic E-state index is 0.0820. The highest BCUT2D eigenvalue weighted by molar-refractivity contribution is 5.98. The fourth-order valence-corrected chi connectivity index (χ4v) is 4.25. The molecule has 1 saturated carbocycles. The first-order valence-corrected chi connectivity index (χ1v) is 10.4. The van der Waals surface area contributed by atoms with Crippen molar-refractivity contribution < 1.29 is 23.8 Å². The van der Waals surface area contributed by atoms with Gasteiger partial charge < -0.3 is 24.0 Å². The Balaban J connectivity index is 1.67. The van der Waals surface area contributed by atoms with E-state index in [1.165, 1.54) is 37.7 Å². The van der Waals surface area contributed by atoms with Crippen LogP contribution in [0.5, 0.6) is 11.5 Å². The number of nitrogens with zero attached hydrogens (tertiary/aromatic N) is 2. The summed E-state index contributed by atoms with van der Waals surface area (Å²) < 4.78 is 16.2. The second-order valence-corrected chi connectivity index (χ2v) is 7.89. The Kier molecular flexibility index (Phi) is 7.36. The van der Waals surface area contributed by atoms with Gasteiger partial charge in [0.15, 0.2) is 0 Å². The Bertz CT molecular complexity index is 709. The van der Waals surface area contributed by atoms with Gasteiger partial charge in [-0.05, 0) is 43.9 Å². The number of hydrogen-bond acceptors (Lipinski definition) is 6. The SMILES string of the molecule is COC(=O)CN(C)C(=O)c1cc(OC)ccc1OC1CCN(C2CCCC2)CC1. The van der Waals surface area contributed by atoms with Gasteiger partial charge in [-0.2, -0.15) is 0 Å². The van der Waals surface area contributed by atoms with Gasteiger partial charge in [-0.3, -0.25) is 9.59 Å². The molecule has 3 rings (SSSR count). The van der Waals surface area contributed by atoms with Crippen LogP contribution < -0.4 is 9.47 Å². The molecule has 1 aliphatic carbocycles. The third-order valence-electron chi connectivity index (χ3n) is 5.97. The lowest BCUT2D eigenvalue weighted by Crippen LogP contribution is -2.43. The quantitative estimate of drug-likeness (QED) is 0.651. The topological polar surface area (TPSA) is 68.3 Å². The lowest BCUT2D eigenvalue weighted by atomic mass is 10.0. The van der Waals surface area contributed by atoms with E-state index in [0.717, 1.165) is 32.0 Å². The molecule has 1 aliphatic heterocycles. The molecule has 1 aromatic carbocycles. The number of carbonyl (C=O) groups excluding carboxylic acids is 2. The molecule has 1 aromatic rings. The number of esters is 1. The normalized spacial score (nSPS) is 18.4. The van der Waals surface area contributed by atoms with E-state index in [2.05, 4.69) is 9.64 Å². The van der Waals surface area contributed by atoms with Crippen LogP contribution in [0.1, 0.15) is 48.9 Å². The number of likely N-dealkylation sites (tertiary alicyclic amines) is 1. The molecule has 0 radical (unpaired) electrons. The van der Waals surface area contributed by atoms with Crippen molar-refractivity contribution in [2.75, 3.05) is 40.9 Å². The van der Waals surface area contributed by atoms with E-state index >= 15 is 0 Å². The van der Waals surface area contributed by atoms with Crippen molar-refractivity contribution in [1.29, 1.82) is 0 Å². The van der Waals surface area contributed by atoms with Gasteiger partial charge in [0, 0.05) is 26.2 Å². The Labute approximate surface area is 172 Å². The van der Waals surface area contributed by atoms with Crippen LogP contribution in [0, 0.1) is 0 Å². The molecular formula is C22H32N2O5. The number of rotatable bonds is 7. The summed E-state index contributed by atoms with van der Waals surface area (Å²) in [5.74, 6) is 0.341. The number of carbonyl (C=O) groups is 2. The van der Waals surface area contributed by atoms with Gasteiger partial charge in [0.2, 0.25) is 0 Å². The Hall–Kier alpha value is -2.28. The van der Waals surface area contributed by atoms with Crippen molar-refractivity contribution in [1.82, 2.24) is 9.80 Å². The second kappa shape index (κ2) is 9.96. The monoisotopic (exact) mass is 404 g/mol. The van der Waals surface area contributed by atoms with Gasteiger partial charge in [-0.1, -0.05) is 12.8 Å². The zero-order valence-electron chi connectivity index (χ0n) is 17.7. The van der Waals surface area contributed by atoms with Crippen molar-refractivity contribution in [3.05, 3.63) is 23.8 Å². The van der Waals surface area contributed by atoms with Crippen LogP contribution in [-0.4, -0.2) is 74.7 Å². The first-order valence-electron chi connectivity index (χ1n) is 10.4. The number of methoxy groups -OCH3 is 2. The fraction of sp³-hybridized carbons (Fsp3) is 0.636. The smallest absolute Gasteiger partial charge is 0.325 e. The minimum atomic E-state index is -0.467. The van der Waals surface area contributed by atoms with Crippen molar-refractivity contribution in [2.24, 2.45) is 0 Å². The van der Waals surface area contributed by atoms with Crippen LogP contribution in [0.25, 0.3) is 0 Å². The summed E-state index contributed by atoms with van der Waals surface area (Å²) in [6, 6.07) is 5.97. The zero-order valence-corrected chi connectivity index (χ0v) is 17.7. The molecule has 0 bridgehead atoms. The molecule has 0 aromatic heterocycles. The number of likely N-dealkylation sites (N-methyl/N-ethyl adjacent to an activating group) is 1. The Morgan fingerprint density at radius 1 is 1.10 bits per heavy atom. The molecule has 1 saturated heterocycles. The predicted molar refractivity (Wildman–Crippen MR) is 109 cm³/mol. The van der Waals surface area contributed by atoms with Crippen LogP contribution in [0.2, 0.25) is 0 Å². The number of hydrogen-bond donors (Lipinski definition) is 0. The maximum Gasteiger partial charge on any atom is 0.325 e. The first kappa shape index (κ1) is 21.4. The van der Waals surface area contributed by atoms with Gasteiger partial charge in [-0.25, -0.2) is 0 Å². The fourth-order valence-electron chi connectivity index (χ4n) is 4.25. The van der Waals surface area contributed by atoms with Gasteiger partial charge >= 0.3 is 5.97 Å². The first-order chi connectivity index (χ1) is 14.0. The van der Waals surface area contributed by atoms with E-state index in [1.807, 2.05) is 0 Å². The highest BCUT2D eigenvalue weighted by Crippen LogP contribution is 2.30. The summed E-state index contributed by atoms with van der Waals surface area (Å²) >= 11 is 0. The molecule has 0 atom stereocenters.